The van der Waals surface area contributed by atoms with Gasteiger partial charge >= 0.3 is 18.3 Å². The van der Waals surface area contributed by atoms with E-state index >= 15 is 0 Å². The normalized spacial score (nSPS) is 18.2. The number of rotatable bonds is 5. The van der Waals surface area contributed by atoms with Crippen LogP contribution in [0.3, 0.4) is 0 Å². The molecule has 2 rings (SSSR count). The summed E-state index contributed by atoms with van der Waals surface area (Å²) >= 11 is 0. The highest BCUT2D eigenvalue weighted by Gasteiger charge is 2.60. The largest absolute Gasteiger partial charge is 0.441 e. The first-order valence-electron chi connectivity index (χ1n) is 9.04. The van der Waals surface area contributed by atoms with Crippen molar-refractivity contribution in [2.45, 2.75) is 63.5 Å². The summed E-state index contributed by atoms with van der Waals surface area (Å²) in [4.78, 5) is 24.9. The van der Waals surface area contributed by atoms with Crippen LogP contribution in [-0.4, -0.2) is 36.4 Å². The fourth-order valence-electron chi connectivity index (χ4n) is 3.47. The summed E-state index contributed by atoms with van der Waals surface area (Å²) in [5.74, 6) is -2.53. The fourth-order valence-corrected chi connectivity index (χ4v) is 3.47. The van der Waals surface area contributed by atoms with E-state index in [2.05, 4.69) is 10.1 Å². The number of hydrogen-bond acceptors (Lipinski definition) is 3. The number of ether oxygens (including phenoxy) is 1. The zero-order chi connectivity index (χ0) is 21.9. The van der Waals surface area contributed by atoms with E-state index in [1.165, 1.54) is 24.3 Å². The van der Waals surface area contributed by atoms with Gasteiger partial charge in [-0.25, -0.2) is 4.79 Å². The number of hydrogen-bond donors (Lipinski definition) is 1. The van der Waals surface area contributed by atoms with Gasteiger partial charge in [-0.3, -0.25) is 4.79 Å². The Balaban J connectivity index is 2.31. The zero-order valence-electron chi connectivity index (χ0n) is 15.6. The molecule has 0 heterocycles. The van der Waals surface area contributed by atoms with Crippen LogP contribution in [0.25, 0.3) is 0 Å². The van der Waals surface area contributed by atoms with Gasteiger partial charge in [0.1, 0.15) is 6.04 Å². The molecule has 1 fully saturated rings. The van der Waals surface area contributed by atoms with Crippen molar-refractivity contribution >= 4 is 11.9 Å². The first-order valence-corrected chi connectivity index (χ1v) is 9.04. The van der Waals surface area contributed by atoms with Crippen molar-refractivity contribution in [1.82, 2.24) is 5.32 Å². The fraction of sp³-hybridized carbons (Fsp3) is 0.579. The number of alkyl halides is 6. The molecule has 4 nitrogen and oxygen atoms in total. The van der Waals surface area contributed by atoms with Crippen molar-refractivity contribution in [3.05, 3.63) is 35.9 Å². The van der Waals surface area contributed by atoms with Crippen LogP contribution < -0.4 is 5.32 Å². The Bertz CT molecular complexity index is 697. The van der Waals surface area contributed by atoms with Crippen molar-refractivity contribution in [1.29, 1.82) is 0 Å². The van der Waals surface area contributed by atoms with Crippen molar-refractivity contribution < 1.29 is 40.7 Å². The van der Waals surface area contributed by atoms with Gasteiger partial charge in [-0.05, 0) is 30.4 Å². The van der Waals surface area contributed by atoms with Crippen LogP contribution in [0.5, 0.6) is 0 Å². The first kappa shape index (κ1) is 23.0. The molecule has 0 saturated heterocycles. The quantitative estimate of drug-likeness (QED) is 0.545. The van der Waals surface area contributed by atoms with Crippen LogP contribution in [0.2, 0.25) is 0 Å². The molecule has 1 aliphatic rings. The minimum Gasteiger partial charge on any atom is -0.441 e. The lowest BCUT2D eigenvalue weighted by Crippen LogP contribution is -2.56. The molecule has 1 aliphatic carbocycles. The third-order valence-electron chi connectivity index (χ3n) is 5.07. The van der Waals surface area contributed by atoms with E-state index in [9.17, 15) is 35.9 Å². The third-order valence-corrected chi connectivity index (χ3v) is 5.07. The Morgan fingerprint density at radius 2 is 1.48 bits per heavy atom. The lowest BCUT2D eigenvalue weighted by Gasteiger charge is -2.40. The minimum absolute atomic E-state index is 0.118. The topological polar surface area (TPSA) is 55.4 Å². The average molecular weight is 425 g/mol. The maximum atomic E-state index is 12.8. The van der Waals surface area contributed by atoms with Crippen LogP contribution in [0.15, 0.2) is 30.3 Å². The van der Waals surface area contributed by atoms with Gasteiger partial charge in [0.15, 0.2) is 0 Å². The van der Waals surface area contributed by atoms with E-state index < -0.39 is 41.8 Å². The summed E-state index contributed by atoms with van der Waals surface area (Å²) in [6.07, 6.45) is -13.1. The Labute approximate surface area is 163 Å². The minimum atomic E-state index is -5.82. The first-order chi connectivity index (χ1) is 13.3. The van der Waals surface area contributed by atoms with Gasteiger partial charge in [-0.15, -0.1) is 0 Å². The lowest BCUT2D eigenvalue weighted by atomic mass is 9.70. The van der Waals surface area contributed by atoms with Gasteiger partial charge in [-0.2, -0.15) is 26.3 Å². The molecule has 1 atom stereocenters. The summed E-state index contributed by atoms with van der Waals surface area (Å²) in [6, 6.07) is 5.87. The summed E-state index contributed by atoms with van der Waals surface area (Å²) in [5, 5.41) is 2.30. The number of carbonyl (C=O) groups is 2. The summed E-state index contributed by atoms with van der Waals surface area (Å²) in [6.45, 7) is 1.56. The highest BCUT2D eigenvalue weighted by Crippen LogP contribution is 2.41. The lowest BCUT2D eigenvalue weighted by molar-refractivity contribution is -0.314. The molecule has 0 aromatic heterocycles. The molecule has 1 saturated carbocycles. The van der Waals surface area contributed by atoms with Gasteiger partial charge in [0.25, 0.3) is 12.0 Å². The zero-order valence-corrected chi connectivity index (χ0v) is 15.6. The summed E-state index contributed by atoms with van der Waals surface area (Å²) in [7, 11) is 0. The van der Waals surface area contributed by atoms with Crippen LogP contribution >= 0.6 is 0 Å². The van der Waals surface area contributed by atoms with E-state index in [1.807, 2.05) is 0 Å². The Morgan fingerprint density at radius 1 is 0.966 bits per heavy atom. The standard InChI is InChI=1S/C19H21F6NO3/c1-17(10-6-3-7-11-17)13(26-14(27)12-8-4-2-5-9-12)15(28)29-16(18(20,21)22)19(23,24)25/h2,4-5,8-9,13,16H,3,6-7,10-11H2,1H3,(H,26,27). The highest BCUT2D eigenvalue weighted by molar-refractivity contribution is 5.97. The average Bonchev–Trinajstić information content (AvgIpc) is 2.63. The molecule has 0 aliphatic heterocycles. The number of benzene rings is 1. The van der Waals surface area contributed by atoms with Gasteiger partial charge in [-0.1, -0.05) is 44.4 Å². The van der Waals surface area contributed by atoms with Crippen molar-refractivity contribution in [2.24, 2.45) is 5.41 Å². The molecule has 1 unspecified atom stereocenters. The molecule has 0 bridgehead atoms. The molecule has 0 radical (unpaired) electrons. The number of nitrogens with one attached hydrogen (secondary N) is 1. The maximum absolute atomic E-state index is 12.8. The molecule has 1 amide bonds. The van der Waals surface area contributed by atoms with Gasteiger partial charge in [0, 0.05) is 5.56 Å². The van der Waals surface area contributed by atoms with Crippen LogP contribution in [0.4, 0.5) is 26.3 Å². The molecule has 29 heavy (non-hydrogen) atoms. The van der Waals surface area contributed by atoms with E-state index in [0.717, 1.165) is 6.42 Å². The van der Waals surface area contributed by atoms with E-state index in [4.69, 9.17) is 0 Å². The molecule has 10 heteroatoms. The Hall–Kier alpha value is -2.26. The smallest absolute Gasteiger partial charge is 0.434 e. The van der Waals surface area contributed by atoms with Crippen molar-refractivity contribution in [3.8, 4) is 0 Å². The molecule has 162 valence electrons. The number of amides is 1. The Kier molecular flexibility index (Phi) is 6.85. The van der Waals surface area contributed by atoms with Gasteiger partial charge < -0.3 is 10.1 Å². The molecule has 1 aromatic carbocycles. The predicted octanol–water partition coefficient (Wildman–Crippen LogP) is 4.79. The SMILES string of the molecule is CC1(C(NC(=O)c2ccccc2)C(=O)OC(C(F)(F)F)C(F)(F)F)CCCCC1. The number of esters is 1. The van der Waals surface area contributed by atoms with E-state index in [0.29, 0.717) is 25.7 Å². The molecule has 1 aromatic rings. The molecule has 1 N–H and O–H groups in total. The maximum Gasteiger partial charge on any atom is 0.434 e. The highest BCUT2D eigenvalue weighted by atomic mass is 19.4. The molecular weight excluding hydrogens is 404 g/mol. The molecular formula is C19H21F6NO3. The second-order valence-corrected chi connectivity index (χ2v) is 7.39. The number of halogens is 6. The second-order valence-electron chi connectivity index (χ2n) is 7.39. The van der Waals surface area contributed by atoms with Crippen LogP contribution in [0, 0.1) is 5.41 Å². The van der Waals surface area contributed by atoms with Crippen molar-refractivity contribution in [2.75, 3.05) is 0 Å². The van der Waals surface area contributed by atoms with Gasteiger partial charge in [0.05, 0.1) is 0 Å². The molecule has 0 spiro atoms. The predicted molar refractivity (Wildman–Crippen MR) is 90.9 cm³/mol. The van der Waals surface area contributed by atoms with Crippen LogP contribution in [-0.2, 0) is 9.53 Å². The van der Waals surface area contributed by atoms with Crippen LogP contribution in [0.1, 0.15) is 49.4 Å². The second kappa shape index (κ2) is 8.62. The van der Waals surface area contributed by atoms with Crippen molar-refractivity contribution in [3.63, 3.8) is 0 Å². The van der Waals surface area contributed by atoms with Gasteiger partial charge in [0.2, 0.25) is 0 Å². The third kappa shape index (κ3) is 5.86. The Morgan fingerprint density at radius 3 is 1.97 bits per heavy atom. The van der Waals surface area contributed by atoms with E-state index in [1.54, 1.807) is 13.0 Å². The summed E-state index contributed by atoms with van der Waals surface area (Å²) < 4.78 is 80.8. The number of carbonyl (C=O) groups excluding carboxylic acids is 2. The monoisotopic (exact) mass is 425 g/mol. The van der Waals surface area contributed by atoms with E-state index in [-0.39, 0.29) is 5.56 Å². The summed E-state index contributed by atoms with van der Waals surface area (Å²) in [5.41, 5.74) is -0.908.